The average molecular weight is 449 g/mol. The maximum atomic E-state index is 12.9. The molecular formula is C30H44N2O. The molecule has 5 rings (SSSR count). The minimum atomic E-state index is 0.205. The largest absolute Gasteiger partial charge is 0.349 e. The van der Waals surface area contributed by atoms with Gasteiger partial charge in [0.2, 0.25) is 5.91 Å². The van der Waals surface area contributed by atoms with Crippen molar-refractivity contribution in [3.8, 4) is 0 Å². The molecule has 3 nitrogen and oxygen atoms in total. The fourth-order valence-corrected chi connectivity index (χ4v) is 7.68. The maximum Gasteiger partial charge on any atom is 0.223 e. The minimum Gasteiger partial charge on any atom is -0.349 e. The molecular weight excluding hydrogens is 404 g/mol. The molecule has 3 heteroatoms. The summed E-state index contributed by atoms with van der Waals surface area (Å²) in [5.74, 6) is 0.554. The Morgan fingerprint density at radius 2 is 1.79 bits per heavy atom. The van der Waals surface area contributed by atoms with E-state index in [0.29, 0.717) is 11.3 Å². The first-order valence-corrected chi connectivity index (χ1v) is 13.7. The van der Waals surface area contributed by atoms with Gasteiger partial charge in [-0.3, -0.25) is 4.79 Å². The SMILES string of the molecule is CC1=C(CCN2CCC3(CC2)C[C@H](NC(=O)C2CCCC2)c2ccccc23)C(C)(C)CCC1. The third-order valence-electron chi connectivity index (χ3n) is 9.72. The molecule has 0 aromatic heterocycles. The lowest BCUT2D eigenvalue weighted by Crippen LogP contribution is -2.43. The fraction of sp³-hybridized carbons (Fsp3) is 0.700. The third kappa shape index (κ3) is 4.55. The molecule has 1 aromatic rings. The summed E-state index contributed by atoms with van der Waals surface area (Å²) in [6.45, 7) is 10.8. The van der Waals surface area contributed by atoms with E-state index in [9.17, 15) is 4.79 Å². The summed E-state index contributed by atoms with van der Waals surface area (Å²) in [6.07, 6.45) is 13.4. The zero-order valence-electron chi connectivity index (χ0n) is 21.2. The lowest BCUT2D eigenvalue weighted by atomic mass is 9.71. The van der Waals surface area contributed by atoms with Crippen LogP contribution in [-0.2, 0) is 10.2 Å². The molecule has 1 N–H and O–H groups in total. The van der Waals surface area contributed by atoms with Gasteiger partial charge >= 0.3 is 0 Å². The van der Waals surface area contributed by atoms with Crippen LogP contribution < -0.4 is 5.32 Å². The summed E-state index contributed by atoms with van der Waals surface area (Å²) < 4.78 is 0. The minimum absolute atomic E-state index is 0.205. The van der Waals surface area contributed by atoms with Gasteiger partial charge in [0.25, 0.3) is 0 Å². The van der Waals surface area contributed by atoms with Crippen LogP contribution in [0.5, 0.6) is 0 Å². The third-order valence-corrected chi connectivity index (χ3v) is 9.72. The molecule has 1 aromatic carbocycles. The predicted octanol–water partition coefficient (Wildman–Crippen LogP) is 6.69. The zero-order valence-corrected chi connectivity index (χ0v) is 21.2. The molecule has 1 heterocycles. The molecule has 1 atom stereocenters. The number of piperidine rings is 1. The van der Waals surface area contributed by atoms with Gasteiger partial charge in [0, 0.05) is 17.9 Å². The number of nitrogens with one attached hydrogen (secondary N) is 1. The number of fused-ring (bicyclic) bond motifs is 2. The van der Waals surface area contributed by atoms with E-state index in [1.165, 1.54) is 82.1 Å². The Balaban J connectivity index is 1.23. The predicted molar refractivity (Wildman–Crippen MR) is 136 cm³/mol. The summed E-state index contributed by atoms with van der Waals surface area (Å²) in [7, 11) is 0. The number of benzene rings is 1. The lowest BCUT2D eigenvalue weighted by molar-refractivity contribution is -0.125. The van der Waals surface area contributed by atoms with Crippen molar-refractivity contribution in [1.82, 2.24) is 10.2 Å². The number of hydrogen-bond acceptors (Lipinski definition) is 2. The van der Waals surface area contributed by atoms with E-state index in [2.05, 4.69) is 55.3 Å². The van der Waals surface area contributed by atoms with E-state index in [-0.39, 0.29) is 17.4 Å². The molecule has 0 unspecified atom stereocenters. The van der Waals surface area contributed by atoms with Crippen molar-refractivity contribution < 1.29 is 4.79 Å². The van der Waals surface area contributed by atoms with Crippen LogP contribution in [0.2, 0.25) is 0 Å². The smallest absolute Gasteiger partial charge is 0.223 e. The molecule has 1 spiro atoms. The van der Waals surface area contributed by atoms with Crippen LogP contribution in [0.3, 0.4) is 0 Å². The molecule has 1 amide bonds. The normalized spacial score (nSPS) is 27.2. The number of carbonyl (C=O) groups is 1. The van der Waals surface area contributed by atoms with Gasteiger partial charge in [0.15, 0.2) is 0 Å². The molecule has 3 aliphatic carbocycles. The van der Waals surface area contributed by atoms with E-state index in [0.717, 1.165) is 19.3 Å². The van der Waals surface area contributed by atoms with Crippen molar-refractivity contribution in [3.05, 3.63) is 46.5 Å². The zero-order chi connectivity index (χ0) is 23.1. The molecule has 1 saturated carbocycles. The van der Waals surface area contributed by atoms with Gasteiger partial charge in [-0.1, -0.05) is 62.1 Å². The Bertz CT molecular complexity index is 900. The van der Waals surface area contributed by atoms with E-state index >= 15 is 0 Å². The highest BCUT2D eigenvalue weighted by atomic mass is 16.1. The van der Waals surface area contributed by atoms with Crippen LogP contribution in [0.15, 0.2) is 35.4 Å². The van der Waals surface area contributed by atoms with Gasteiger partial charge in [0.1, 0.15) is 0 Å². The van der Waals surface area contributed by atoms with Gasteiger partial charge in [-0.15, -0.1) is 0 Å². The number of carbonyl (C=O) groups excluding carboxylic acids is 1. The Morgan fingerprint density at radius 3 is 2.52 bits per heavy atom. The number of hydrogen-bond donors (Lipinski definition) is 1. The molecule has 0 radical (unpaired) electrons. The Morgan fingerprint density at radius 1 is 1.06 bits per heavy atom. The second-order valence-electron chi connectivity index (χ2n) is 12.2. The Labute approximate surface area is 201 Å². The fourth-order valence-electron chi connectivity index (χ4n) is 7.68. The molecule has 1 saturated heterocycles. The van der Waals surface area contributed by atoms with Crippen LogP contribution in [0.1, 0.15) is 109 Å². The van der Waals surface area contributed by atoms with Crippen molar-refractivity contribution in [2.24, 2.45) is 11.3 Å². The van der Waals surface area contributed by atoms with Gasteiger partial charge in [0.05, 0.1) is 6.04 Å². The number of rotatable bonds is 5. The van der Waals surface area contributed by atoms with E-state index in [4.69, 9.17) is 0 Å². The van der Waals surface area contributed by atoms with Crippen LogP contribution in [0.4, 0.5) is 0 Å². The number of amides is 1. The number of likely N-dealkylation sites (tertiary alicyclic amines) is 1. The molecule has 1 aliphatic heterocycles. The summed E-state index contributed by atoms with van der Waals surface area (Å²) in [6, 6.07) is 9.19. The topological polar surface area (TPSA) is 32.3 Å². The van der Waals surface area contributed by atoms with Crippen LogP contribution in [0, 0.1) is 11.3 Å². The molecule has 4 aliphatic rings. The van der Waals surface area contributed by atoms with Crippen molar-refractivity contribution >= 4 is 5.91 Å². The standard InChI is InChI=1S/C30H44N2O/c1-22-9-8-15-29(2,3)25(22)14-18-32-19-16-30(17-20-32)21-27(24-12-6-7-13-26(24)30)31-28(33)23-10-4-5-11-23/h6-7,12-13,23,27H,4-5,8-11,14-21H2,1-3H3,(H,31,33)/t27-/m0/s1. The van der Waals surface area contributed by atoms with Gasteiger partial charge in [-0.25, -0.2) is 0 Å². The average Bonchev–Trinajstić information content (AvgIpc) is 3.43. The van der Waals surface area contributed by atoms with Gasteiger partial charge in [-0.05, 0) is 94.3 Å². The first kappa shape index (κ1) is 23.1. The van der Waals surface area contributed by atoms with Crippen molar-refractivity contribution in [2.75, 3.05) is 19.6 Å². The second kappa shape index (κ2) is 9.21. The Kier molecular flexibility index (Phi) is 6.46. The summed E-state index contributed by atoms with van der Waals surface area (Å²) in [5, 5.41) is 3.48. The molecule has 0 bridgehead atoms. The quantitative estimate of drug-likeness (QED) is 0.509. The van der Waals surface area contributed by atoms with Crippen LogP contribution >= 0.6 is 0 Å². The monoisotopic (exact) mass is 448 g/mol. The lowest BCUT2D eigenvalue weighted by Gasteiger charge is -2.41. The second-order valence-corrected chi connectivity index (χ2v) is 12.2. The van der Waals surface area contributed by atoms with Gasteiger partial charge < -0.3 is 10.2 Å². The molecule has 180 valence electrons. The summed E-state index contributed by atoms with van der Waals surface area (Å²) >= 11 is 0. The van der Waals surface area contributed by atoms with E-state index < -0.39 is 0 Å². The summed E-state index contributed by atoms with van der Waals surface area (Å²) in [5.41, 5.74) is 6.93. The van der Waals surface area contributed by atoms with Crippen LogP contribution in [-0.4, -0.2) is 30.4 Å². The summed E-state index contributed by atoms with van der Waals surface area (Å²) in [4.78, 5) is 15.6. The van der Waals surface area contributed by atoms with Crippen molar-refractivity contribution in [2.45, 2.75) is 103 Å². The first-order valence-electron chi connectivity index (χ1n) is 13.7. The number of nitrogens with zero attached hydrogens (tertiary/aromatic N) is 1. The molecule has 33 heavy (non-hydrogen) atoms. The van der Waals surface area contributed by atoms with Crippen molar-refractivity contribution in [1.29, 1.82) is 0 Å². The van der Waals surface area contributed by atoms with Gasteiger partial charge in [-0.2, -0.15) is 0 Å². The highest BCUT2D eigenvalue weighted by Crippen LogP contribution is 2.51. The maximum absolute atomic E-state index is 12.9. The van der Waals surface area contributed by atoms with Crippen LogP contribution in [0.25, 0.3) is 0 Å². The van der Waals surface area contributed by atoms with E-state index in [1.807, 2.05) is 0 Å². The molecule has 2 fully saturated rings. The van der Waals surface area contributed by atoms with Crippen molar-refractivity contribution in [3.63, 3.8) is 0 Å². The first-order chi connectivity index (χ1) is 15.9. The number of allylic oxidation sites excluding steroid dienone is 1. The highest BCUT2D eigenvalue weighted by molar-refractivity contribution is 5.79. The highest BCUT2D eigenvalue weighted by Gasteiger charge is 2.46. The van der Waals surface area contributed by atoms with E-state index in [1.54, 1.807) is 11.1 Å². The Hall–Kier alpha value is -1.61.